The number of hydrogen-bond donors (Lipinski definition) is 0. The van der Waals surface area contributed by atoms with Gasteiger partial charge in [0.05, 0.1) is 6.61 Å². The molecule has 0 aliphatic carbocycles. The fourth-order valence-corrected chi connectivity index (χ4v) is 0.166. The van der Waals surface area contributed by atoms with Crippen LogP contribution in [0.4, 0.5) is 0 Å². The molecular formula is C4H9NaO2. The van der Waals surface area contributed by atoms with E-state index in [1.807, 2.05) is 6.92 Å². The average Bonchev–Trinajstić information content (AvgIpc) is 1.61. The van der Waals surface area contributed by atoms with Gasteiger partial charge in [0.15, 0.2) is 0 Å². The first-order valence-corrected chi connectivity index (χ1v) is 1.97. The molecule has 0 aromatic heterocycles. The first-order valence-electron chi connectivity index (χ1n) is 1.97. The van der Waals surface area contributed by atoms with Crippen molar-refractivity contribution in [3.05, 3.63) is 0 Å². The molecule has 0 atom stereocenters. The van der Waals surface area contributed by atoms with E-state index in [9.17, 15) is 4.79 Å². The Balaban J connectivity index is 0. The minimum atomic E-state index is 0. The van der Waals surface area contributed by atoms with Gasteiger partial charge in [0.25, 0.3) is 6.47 Å². The summed E-state index contributed by atoms with van der Waals surface area (Å²) in [5.74, 6) is 0. The molecule has 0 saturated carbocycles. The molecule has 0 heterocycles. The van der Waals surface area contributed by atoms with Crippen molar-refractivity contribution < 1.29 is 9.53 Å². The molecular weight excluding hydrogens is 103 g/mol. The number of hydrogen-bond acceptors (Lipinski definition) is 2. The average molecular weight is 112 g/mol. The second-order valence-corrected chi connectivity index (χ2v) is 0.967. The Bertz CT molecular complexity index is 38.7. The first kappa shape index (κ1) is 10.5. The molecule has 3 heteroatoms. The van der Waals surface area contributed by atoms with Gasteiger partial charge in [0.2, 0.25) is 0 Å². The SMILES string of the molecule is CCCOC=O.[NaH]. The van der Waals surface area contributed by atoms with Crippen molar-refractivity contribution in [3.63, 3.8) is 0 Å². The van der Waals surface area contributed by atoms with Crippen LogP contribution in [0.25, 0.3) is 0 Å². The molecule has 0 aromatic carbocycles. The molecule has 0 unspecified atom stereocenters. The quantitative estimate of drug-likeness (QED) is 0.290. The van der Waals surface area contributed by atoms with E-state index in [1.165, 1.54) is 0 Å². The molecule has 0 aliphatic rings. The third-order valence-corrected chi connectivity index (χ3v) is 0.390. The molecule has 0 fully saturated rings. The summed E-state index contributed by atoms with van der Waals surface area (Å²) in [4.78, 5) is 9.34. The van der Waals surface area contributed by atoms with E-state index in [0.29, 0.717) is 13.1 Å². The molecule has 7 heavy (non-hydrogen) atoms. The molecule has 0 bridgehead atoms. The molecule has 0 radical (unpaired) electrons. The Morgan fingerprint density at radius 1 is 1.71 bits per heavy atom. The van der Waals surface area contributed by atoms with E-state index in [2.05, 4.69) is 4.74 Å². The van der Waals surface area contributed by atoms with Crippen molar-refractivity contribution >= 4 is 36.0 Å². The fraction of sp³-hybridized carbons (Fsp3) is 0.750. The Labute approximate surface area is 65.5 Å². The summed E-state index contributed by atoms with van der Waals surface area (Å²) in [6, 6.07) is 0. The van der Waals surface area contributed by atoms with Crippen LogP contribution >= 0.6 is 0 Å². The van der Waals surface area contributed by atoms with E-state index >= 15 is 0 Å². The van der Waals surface area contributed by atoms with Gasteiger partial charge in [-0.3, -0.25) is 4.79 Å². The summed E-state index contributed by atoms with van der Waals surface area (Å²) in [5.41, 5.74) is 0. The monoisotopic (exact) mass is 112 g/mol. The van der Waals surface area contributed by atoms with Crippen molar-refractivity contribution in [3.8, 4) is 0 Å². The van der Waals surface area contributed by atoms with E-state index in [-0.39, 0.29) is 29.6 Å². The number of carbonyl (C=O) groups is 1. The number of ether oxygens (including phenoxy) is 1. The molecule has 0 N–H and O–H groups in total. The van der Waals surface area contributed by atoms with Gasteiger partial charge in [0, 0.05) is 0 Å². The van der Waals surface area contributed by atoms with Gasteiger partial charge in [-0.05, 0) is 6.42 Å². The zero-order valence-electron chi connectivity index (χ0n) is 3.81. The maximum absolute atomic E-state index is 9.34. The zero-order chi connectivity index (χ0) is 4.83. The second kappa shape index (κ2) is 9.69. The summed E-state index contributed by atoms with van der Waals surface area (Å²) >= 11 is 0. The van der Waals surface area contributed by atoms with Crippen molar-refractivity contribution in [1.29, 1.82) is 0 Å². The fourth-order valence-electron chi connectivity index (χ4n) is 0.166. The summed E-state index contributed by atoms with van der Waals surface area (Å²) in [6.07, 6.45) is 0.902. The molecule has 0 aromatic rings. The van der Waals surface area contributed by atoms with Crippen molar-refractivity contribution in [2.75, 3.05) is 6.61 Å². The van der Waals surface area contributed by atoms with Crippen LogP contribution in [0.1, 0.15) is 13.3 Å². The van der Waals surface area contributed by atoms with Crippen LogP contribution in [0.15, 0.2) is 0 Å². The zero-order valence-corrected chi connectivity index (χ0v) is 3.81. The van der Waals surface area contributed by atoms with E-state index in [4.69, 9.17) is 0 Å². The standard InChI is InChI=1S/C4H8O2.Na.H/c1-2-3-6-4-5;;/h4H,2-3H2,1H3;;. The third kappa shape index (κ3) is 10.7. The van der Waals surface area contributed by atoms with E-state index in [1.54, 1.807) is 0 Å². The normalized spacial score (nSPS) is 6.43. The van der Waals surface area contributed by atoms with Gasteiger partial charge < -0.3 is 4.74 Å². The van der Waals surface area contributed by atoms with Crippen molar-refractivity contribution in [1.82, 2.24) is 0 Å². The molecule has 0 aliphatic heterocycles. The topological polar surface area (TPSA) is 26.3 Å². The van der Waals surface area contributed by atoms with E-state index < -0.39 is 0 Å². The van der Waals surface area contributed by atoms with Crippen LogP contribution in [-0.4, -0.2) is 42.6 Å². The second-order valence-electron chi connectivity index (χ2n) is 0.967. The molecule has 0 saturated heterocycles. The van der Waals surface area contributed by atoms with Gasteiger partial charge in [-0.1, -0.05) is 6.92 Å². The van der Waals surface area contributed by atoms with Gasteiger partial charge >= 0.3 is 29.6 Å². The van der Waals surface area contributed by atoms with Crippen molar-refractivity contribution in [2.24, 2.45) is 0 Å². The predicted octanol–water partition coefficient (Wildman–Crippen LogP) is -0.0791. The molecule has 0 amide bonds. The summed E-state index contributed by atoms with van der Waals surface area (Å²) in [6.45, 7) is 2.95. The third-order valence-electron chi connectivity index (χ3n) is 0.390. The molecule has 38 valence electrons. The van der Waals surface area contributed by atoms with Crippen molar-refractivity contribution in [2.45, 2.75) is 13.3 Å². The Morgan fingerprint density at radius 2 is 2.29 bits per heavy atom. The first-order chi connectivity index (χ1) is 2.91. The Kier molecular flexibility index (Phi) is 14.5. The minimum absolute atomic E-state index is 0. The number of rotatable bonds is 3. The van der Waals surface area contributed by atoms with Crippen LogP contribution in [-0.2, 0) is 9.53 Å². The molecule has 0 rings (SSSR count). The summed E-state index contributed by atoms with van der Waals surface area (Å²) < 4.78 is 4.30. The predicted molar refractivity (Wildman–Crippen MR) is 29.5 cm³/mol. The van der Waals surface area contributed by atoms with Gasteiger partial charge in [0.1, 0.15) is 0 Å². The Morgan fingerprint density at radius 3 is 2.43 bits per heavy atom. The molecule has 2 nitrogen and oxygen atoms in total. The maximum atomic E-state index is 9.34. The van der Waals surface area contributed by atoms with Crippen LogP contribution in [0.3, 0.4) is 0 Å². The van der Waals surface area contributed by atoms with Gasteiger partial charge in [-0.2, -0.15) is 0 Å². The van der Waals surface area contributed by atoms with Crippen LogP contribution in [0.2, 0.25) is 0 Å². The molecule has 0 spiro atoms. The Hall–Kier alpha value is 0.470. The van der Waals surface area contributed by atoms with Gasteiger partial charge in [-0.15, -0.1) is 0 Å². The summed E-state index contributed by atoms with van der Waals surface area (Å²) in [5, 5.41) is 0. The summed E-state index contributed by atoms with van der Waals surface area (Å²) in [7, 11) is 0. The number of carbonyl (C=O) groups excluding carboxylic acids is 1. The van der Waals surface area contributed by atoms with Crippen LogP contribution in [0.5, 0.6) is 0 Å². The van der Waals surface area contributed by atoms with Gasteiger partial charge in [-0.25, -0.2) is 0 Å². The van der Waals surface area contributed by atoms with E-state index in [0.717, 1.165) is 6.42 Å². The van der Waals surface area contributed by atoms with Crippen LogP contribution in [0, 0.1) is 0 Å². The van der Waals surface area contributed by atoms with Crippen LogP contribution < -0.4 is 0 Å².